The number of amides is 2. The normalized spacial score (nSPS) is 18.1. The van der Waals surface area contributed by atoms with E-state index in [4.69, 9.17) is 5.11 Å². The Labute approximate surface area is 122 Å². The number of carbonyl (C=O) groups excluding carboxylic acids is 2. The molecule has 1 aromatic carbocycles. The second-order valence-corrected chi connectivity index (χ2v) is 5.17. The Bertz CT molecular complexity index is 553. The number of hydrogen-bond donors (Lipinski definition) is 2. The van der Waals surface area contributed by atoms with E-state index in [0.29, 0.717) is 18.7 Å². The van der Waals surface area contributed by atoms with Gasteiger partial charge in [-0.15, -0.1) is 0 Å². The minimum absolute atomic E-state index is 0.0153. The summed E-state index contributed by atoms with van der Waals surface area (Å²) < 4.78 is 0. The number of carboxylic acid groups (broad SMARTS) is 1. The molecule has 21 heavy (non-hydrogen) atoms. The molecule has 1 aliphatic rings. The number of hydrogen-bond acceptors (Lipinski definition) is 3. The van der Waals surface area contributed by atoms with Crippen molar-refractivity contribution in [3.63, 3.8) is 0 Å². The van der Waals surface area contributed by atoms with Crippen LogP contribution in [-0.2, 0) is 4.79 Å². The summed E-state index contributed by atoms with van der Waals surface area (Å²) in [5.74, 6) is -1.25. The van der Waals surface area contributed by atoms with Crippen LogP contribution in [0.4, 0.5) is 0 Å². The van der Waals surface area contributed by atoms with Crippen LogP contribution in [0.5, 0.6) is 0 Å². The zero-order valence-corrected chi connectivity index (χ0v) is 11.8. The summed E-state index contributed by atoms with van der Waals surface area (Å²) >= 11 is 0. The summed E-state index contributed by atoms with van der Waals surface area (Å²) in [7, 11) is 0. The van der Waals surface area contributed by atoms with E-state index in [1.165, 1.54) is 31.2 Å². The number of piperidine rings is 1. The van der Waals surface area contributed by atoms with Crippen LogP contribution < -0.4 is 5.32 Å². The van der Waals surface area contributed by atoms with E-state index < -0.39 is 5.97 Å². The molecule has 2 amide bonds. The maximum atomic E-state index is 12.4. The van der Waals surface area contributed by atoms with Gasteiger partial charge in [-0.25, -0.2) is 4.79 Å². The van der Waals surface area contributed by atoms with Crippen molar-refractivity contribution in [3.05, 3.63) is 35.4 Å². The second-order valence-electron chi connectivity index (χ2n) is 5.17. The Morgan fingerprint density at radius 1 is 1.19 bits per heavy atom. The zero-order chi connectivity index (χ0) is 15.4. The Morgan fingerprint density at radius 3 is 2.38 bits per heavy atom. The molecule has 0 radical (unpaired) electrons. The van der Waals surface area contributed by atoms with Gasteiger partial charge in [-0.1, -0.05) is 0 Å². The number of nitrogens with one attached hydrogen (secondary N) is 1. The number of aromatic carboxylic acids is 1. The lowest BCUT2D eigenvalue weighted by Crippen LogP contribution is -2.49. The van der Waals surface area contributed by atoms with E-state index in [9.17, 15) is 14.4 Å². The van der Waals surface area contributed by atoms with Gasteiger partial charge in [0.15, 0.2) is 0 Å². The van der Waals surface area contributed by atoms with Gasteiger partial charge in [0.1, 0.15) is 0 Å². The Hall–Kier alpha value is -2.37. The first-order chi connectivity index (χ1) is 9.97. The first kappa shape index (κ1) is 15.0. The van der Waals surface area contributed by atoms with Gasteiger partial charge < -0.3 is 15.3 Å². The number of rotatable bonds is 3. The van der Waals surface area contributed by atoms with Crippen molar-refractivity contribution >= 4 is 17.8 Å². The molecule has 1 aliphatic heterocycles. The molecular weight excluding hydrogens is 272 g/mol. The van der Waals surface area contributed by atoms with Crippen molar-refractivity contribution in [1.82, 2.24) is 10.2 Å². The summed E-state index contributed by atoms with van der Waals surface area (Å²) in [6.07, 6.45) is 1.70. The van der Waals surface area contributed by atoms with Gasteiger partial charge in [-0.05, 0) is 37.1 Å². The van der Waals surface area contributed by atoms with Crippen LogP contribution >= 0.6 is 0 Å². The molecule has 0 aromatic heterocycles. The van der Waals surface area contributed by atoms with Crippen molar-refractivity contribution < 1.29 is 19.5 Å². The quantitative estimate of drug-likeness (QED) is 0.873. The molecule has 2 N–H and O–H groups in total. The molecule has 6 heteroatoms. The Morgan fingerprint density at radius 2 is 1.81 bits per heavy atom. The van der Waals surface area contributed by atoms with E-state index in [1.807, 2.05) is 0 Å². The predicted molar refractivity (Wildman–Crippen MR) is 76.1 cm³/mol. The minimum Gasteiger partial charge on any atom is -0.478 e. The van der Waals surface area contributed by atoms with E-state index in [0.717, 1.165) is 12.8 Å². The molecule has 6 nitrogen and oxygen atoms in total. The first-order valence-corrected chi connectivity index (χ1v) is 6.87. The van der Waals surface area contributed by atoms with Gasteiger partial charge in [-0.2, -0.15) is 0 Å². The third kappa shape index (κ3) is 3.81. The van der Waals surface area contributed by atoms with Crippen molar-refractivity contribution in [2.75, 3.05) is 13.1 Å². The van der Waals surface area contributed by atoms with Crippen molar-refractivity contribution in [3.8, 4) is 0 Å². The maximum absolute atomic E-state index is 12.4. The van der Waals surface area contributed by atoms with E-state index in [1.54, 1.807) is 4.90 Å². The lowest BCUT2D eigenvalue weighted by Gasteiger charge is -2.33. The van der Waals surface area contributed by atoms with Crippen molar-refractivity contribution in [1.29, 1.82) is 0 Å². The molecule has 0 aliphatic carbocycles. The van der Waals surface area contributed by atoms with Crippen molar-refractivity contribution in [2.24, 2.45) is 0 Å². The lowest BCUT2D eigenvalue weighted by molar-refractivity contribution is -0.120. The standard InChI is InChI=1S/C15H18N2O4/c1-10(18)16-13-3-2-8-17(9-13)14(19)11-4-6-12(7-5-11)15(20)21/h4-7,13H,2-3,8-9H2,1H3,(H,16,18)(H,20,21). The monoisotopic (exact) mass is 290 g/mol. The molecule has 1 fully saturated rings. The van der Waals surface area contributed by atoms with Crippen LogP contribution in [0.2, 0.25) is 0 Å². The van der Waals surface area contributed by atoms with Crippen molar-refractivity contribution in [2.45, 2.75) is 25.8 Å². The van der Waals surface area contributed by atoms with Crippen LogP contribution in [0.3, 0.4) is 0 Å². The fraction of sp³-hybridized carbons (Fsp3) is 0.400. The zero-order valence-electron chi connectivity index (χ0n) is 11.8. The fourth-order valence-electron chi connectivity index (χ4n) is 2.50. The summed E-state index contributed by atoms with van der Waals surface area (Å²) in [5, 5.41) is 11.7. The molecule has 112 valence electrons. The average Bonchev–Trinajstić information content (AvgIpc) is 2.46. The number of benzene rings is 1. The lowest BCUT2D eigenvalue weighted by atomic mass is 10.0. The highest BCUT2D eigenvalue weighted by Gasteiger charge is 2.24. The largest absolute Gasteiger partial charge is 0.478 e. The van der Waals surface area contributed by atoms with E-state index in [-0.39, 0.29) is 23.4 Å². The minimum atomic E-state index is -1.02. The summed E-state index contributed by atoms with van der Waals surface area (Å²) in [5.41, 5.74) is 0.616. The summed E-state index contributed by atoms with van der Waals surface area (Å²) in [6, 6.07) is 5.87. The molecule has 0 saturated carbocycles. The van der Waals surface area contributed by atoms with Crippen LogP contribution in [0, 0.1) is 0 Å². The SMILES string of the molecule is CC(=O)NC1CCCN(C(=O)c2ccc(C(=O)O)cc2)C1. The highest BCUT2D eigenvalue weighted by molar-refractivity contribution is 5.96. The topological polar surface area (TPSA) is 86.7 Å². The maximum Gasteiger partial charge on any atom is 0.335 e. The van der Waals surface area contributed by atoms with Crippen LogP contribution in [0.25, 0.3) is 0 Å². The average molecular weight is 290 g/mol. The van der Waals surface area contributed by atoms with Gasteiger partial charge in [0.2, 0.25) is 5.91 Å². The van der Waals surface area contributed by atoms with Crippen LogP contribution in [0.15, 0.2) is 24.3 Å². The molecule has 2 rings (SSSR count). The van der Waals surface area contributed by atoms with E-state index >= 15 is 0 Å². The summed E-state index contributed by atoms with van der Waals surface area (Å²) in [4.78, 5) is 36.0. The van der Waals surface area contributed by atoms with Gasteiger partial charge in [0.25, 0.3) is 5.91 Å². The van der Waals surface area contributed by atoms with Gasteiger partial charge >= 0.3 is 5.97 Å². The van der Waals surface area contributed by atoms with Crippen LogP contribution in [-0.4, -0.2) is 46.9 Å². The summed E-state index contributed by atoms with van der Waals surface area (Å²) in [6.45, 7) is 2.60. The molecule has 0 bridgehead atoms. The fourth-order valence-corrected chi connectivity index (χ4v) is 2.50. The molecule has 1 aromatic rings. The highest BCUT2D eigenvalue weighted by Crippen LogP contribution is 2.14. The molecule has 1 saturated heterocycles. The predicted octanol–water partition coefficient (Wildman–Crippen LogP) is 1.13. The van der Waals surface area contributed by atoms with Gasteiger partial charge in [-0.3, -0.25) is 9.59 Å². The van der Waals surface area contributed by atoms with Crippen LogP contribution in [0.1, 0.15) is 40.5 Å². The second kappa shape index (κ2) is 6.39. The van der Waals surface area contributed by atoms with E-state index in [2.05, 4.69) is 5.32 Å². The molecule has 1 unspecified atom stereocenters. The number of likely N-dealkylation sites (tertiary alicyclic amines) is 1. The number of carbonyl (C=O) groups is 3. The third-order valence-corrected chi connectivity index (χ3v) is 3.49. The number of carboxylic acids is 1. The Kier molecular flexibility index (Phi) is 4.57. The molecule has 0 spiro atoms. The number of nitrogens with zero attached hydrogens (tertiary/aromatic N) is 1. The Balaban J connectivity index is 2.04. The molecule has 1 atom stereocenters. The smallest absolute Gasteiger partial charge is 0.335 e. The molecular formula is C15H18N2O4. The third-order valence-electron chi connectivity index (χ3n) is 3.49. The molecule has 1 heterocycles. The van der Waals surface area contributed by atoms with Gasteiger partial charge in [0.05, 0.1) is 5.56 Å². The van der Waals surface area contributed by atoms with Gasteiger partial charge in [0, 0.05) is 31.6 Å². The first-order valence-electron chi connectivity index (χ1n) is 6.87. The highest BCUT2D eigenvalue weighted by atomic mass is 16.4.